The van der Waals surface area contributed by atoms with Gasteiger partial charge in [0.1, 0.15) is 11.5 Å². The summed E-state index contributed by atoms with van der Waals surface area (Å²) < 4.78 is 43.9. The van der Waals surface area contributed by atoms with Gasteiger partial charge in [-0.2, -0.15) is 19.3 Å². The minimum atomic E-state index is -3.97. The van der Waals surface area contributed by atoms with Crippen molar-refractivity contribution in [3.8, 4) is 5.69 Å². The number of ketones is 1. The molecule has 1 fully saturated rings. The number of sulfonamides is 1. The van der Waals surface area contributed by atoms with E-state index in [1.807, 2.05) is 6.92 Å². The van der Waals surface area contributed by atoms with E-state index in [9.17, 15) is 17.6 Å². The van der Waals surface area contributed by atoms with Crippen molar-refractivity contribution in [3.05, 3.63) is 83.8 Å². The first-order valence-corrected chi connectivity index (χ1v) is 13.9. The second kappa shape index (κ2) is 9.21. The number of pyridine rings is 1. The van der Waals surface area contributed by atoms with Gasteiger partial charge in [0.05, 0.1) is 30.0 Å². The Bertz CT molecular complexity index is 1600. The van der Waals surface area contributed by atoms with Crippen LogP contribution in [-0.2, 0) is 29.4 Å². The Kier molecular flexibility index (Phi) is 5.95. The fourth-order valence-corrected chi connectivity index (χ4v) is 7.12. The molecule has 38 heavy (non-hydrogen) atoms. The Hall–Kier alpha value is -3.77. The zero-order chi connectivity index (χ0) is 26.5. The molecule has 196 valence electrons. The number of nitrogens with zero attached hydrogens (tertiary/aromatic N) is 7. The average molecular weight is 536 g/mol. The molecule has 1 saturated heterocycles. The monoisotopic (exact) mass is 535 g/mol. The molecule has 0 saturated carbocycles. The summed E-state index contributed by atoms with van der Waals surface area (Å²) in [5, 5.41) is 12.6. The predicted molar refractivity (Wildman–Crippen MR) is 134 cm³/mol. The van der Waals surface area contributed by atoms with Gasteiger partial charge < -0.3 is 0 Å². The van der Waals surface area contributed by atoms with Crippen LogP contribution in [-0.4, -0.2) is 61.4 Å². The minimum absolute atomic E-state index is 0.00948. The van der Waals surface area contributed by atoms with Gasteiger partial charge in [-0.1, -0.05) is 6.07 Å². The maximum absolute atomic E-state index is 14.2. The number of aryl methyl sites for hydroxylation is 1. The van der Waals surface area contributed by atoms with Crippen LogP contribution >= 0.6 is 0 Å². The van der Waals surface area contributed by atoms with Crippen LogP contribution in [0.2, 0.25) is 0 Å². The maximum Gasteiger partial charge on any atom is 0.264 e. The molecule has 10 nitrogen and oxygen atoms in total. The first-order valence-electron chi connectivity index (χ1n) is 12.5. The lowest BCUT2D eigenvalue weighted by molar-refractivity contribution is 0.0394. The zero-order valence-electron chi connectivity index (χ0n) is 20.7. The van der Waals surface area contributed by atoms with Gasteiger partial charge in [0.15, 0.2) is 5.78 Å². The summed E-state index contributed by atoms with van der Waals surface area (Å²) in [6, 6.07) is 11.3. The highest BCUT2D eigenvalue weighted by Crippen LogP contribution is 2.48. The lowest BCUT2D eigenvalue weighted by atomic mass is 9.60. The van der Waals surface area contributed by atoms with E-state index >= 15 is 0 Å². The summed E-state index contributed by atoms with van der Waals surface area (Å²) in [7, 11) is -3.97. The molecule has 4 heterocycles. The first kappa shape index (κ1) is 24.6. The minimum Gasteiger partial charge on any atom is -0.292 e. The van der Waals surface area contributed by atoms with E-state index in [4.69, 9.17) is 0 Å². The molecule has 2 aliphatic rings. The Morgan fingerprint density at radius 3 is 2.66 bits per heavy atom. The van der Waals surface area contributed by atoms with Crippen LogP contribution in [0.5, 0.6) is 0 Å². The number of piperidine rings is 1. The van der Waals surface area contributed by atoms with Crippen molar-refractivity contribution in [2.24, 2.45) is 11.3 Å². The van der Waals surface area contributed by atoms with Crippen LogP contribution in [0.4, 0.5) is 4.39 Å². The third kappa shape index (κ3) is 3.95. The number of hydrogen-bond acceptors (Lipinski definition) is 7. The van der Waals surface area contributed by atoms with Gasteiger partial charge in [0.25, 0.3) is 10.0 Å². The van der Waals surface area contributed by atoms with E-state index in [0.717, 1.165) is 16.9 Å². The summed E-state index contributed by atoms with van der Waals surface area (Å²) in [5.41, 5.74) is 1.84. The number of aromatic nitrogens is 6. The lowest BCUT2D eigenvalue weighted by Crippen LogP contribution is -2.57. The molecule has 0 radical (unpaired) electrons. The van der Waals surface area contributed by atoms with Crippen molar-refractivity contribution in [1.82, 2.24) is 34.1 Å². The van der Waals surface area contributed by atoms with Crippen LogP contribution in [0.3, 0.4) is 0 Å². The Morgan fingerprint density at radius 1 is 1.13 bits per heavy atom. The SMILES string of the molecule is CCn1ncc(S(=O)(=O)N2CCC3Cc4c(cnn4-c4ccc(F)cc4)CC3(C(=O)c3ccccn3)C2)n1. The maximum atomic E-state index is 14.2. The van der Waals surface area contributed by atoms with Gasteiger partial charge >= 0.3 is 0 Å². The predicted octanol–water partition coefficient (Wildman–Crippen LogP) is 2.70. The van der Waals surface area contributed by atoms with Crippen LogP contribution in [0.15, 0.2) is 66.1 Å². The van der Waals surface area contributed by atoms with Crippen LogP contribution in [0.1, 0.15) is 35.1 Å². The zero-order valence-corrected chi connectivity index (χ0v) is 21.6. The summed E-state index contributed by atoms with van der Waals surface area (Å²) in [6.07, 6.45) is 5.88. The lowest BCUT2D eigenvalue weighted by Gasteiger charge is -2.48. The number of carbonyl (C=O) groups is 1. The van der Waals surface area contributed by atoms with Gasteiger partial charge in [-0.05, 0) is 74.1 Å². The molecule has 6 rings (SSSR count). The molecular weight excluding hydrogens is 509 g/mol. The second-order valence-electron chi connectivity index (χ2n) is 9.78. The molecule has 3 aromatic heterocycles. The highest BCUT2D eigenvalue weighted by molar-refractivity contribution is 7.89. The quantitative estimate of drug-likeness (QED) is 0.349. The van der Waals surface area contributed by atoms with E-state index in [0.29, 0.717) is 31.5 Å². The highest BCUT2D eigenvalue weighted by atomic mass is 32.2. The standard InChI is InChI=1S/C26H26FN7O3S/c1-2-33-29-16-24(31-33)38(36,37)32-12-10-19-13-23-18(15-30-34(23)21-8-6-20(27)7-9-21)14-26(19,17-32)25(35)22-5-3-4-11-28-22/h3-9,11,15-16,19H,2,10,12-14,17H2,1H3. The van der Waals surface area contributed by atoms with Crippen molar-refractivity contribution in [3.63, 3.8) is 0 Å². The molecule has 1 aliphatic carbocycles. The van der Waals surface area contributed by atoms with E-state index in [1.165, 1.54) is 27.4 Å². The molecule has 2 atom stereocenters. The number of rotatable bonds is 6. The second-order valence-corrected chi connectivity index (χ2v) is 11.7. The van der Waals surface area contributed by atoms with Gasteiger partial charge in [-0.3, -0.25) is 9.78 Å². The molecule has 4 aromatic rings. The normalized spacial score (nSPS) is 21.6. The van der Waals surface area contributed by atoms with Crippen LogP contribution < -0.4 is 0 Å². The molecule has 0 N–H and O–H groups in total. The van der Waals surface area contributed by atoms with E-state index in [2.05, 4.69) is 20.3 Å². The topological polar surface area (TPSA) is 116 Å². The smallest absolute Gasteiger partial charge is 0.264 e. The van der Waals surface area contributed by atoms with Gasteiger partial charge in [-0.25, -0.2) is 17.5 Å². The van der Waals surface area contributed by atoms with Crippen molar-refractivity contribution in [2.75, 3.05) is 13.1 Å². The van der Waals surface area contributed by atoms with Crippen LogP contribution in [0.25, 0.3) is 5.69 Å². The van der Waals surface area contributed by atoms with E-state index in [1.54, 1.807) is 47.4 Å². The van der Waals surface area contributed by atoms with Gasteiger partial charge in [-0.15, -0.1) is 5.10 Å². The average Bonchev–Trinajstić information content (AvgIpc) is 3.59. The van der Waals surface area contributed by atoms with E-state index in [-0.39, 0.29) is 35.6 Å². The highest BCUT2D eigenvalue weighted by Gasteiger charge is 2.54. The largest absolute Gasteiger partial charge is 0.292 e. The summed E-state index contributed by atoms with van der Waals surface area (Å²) >= 11 is 0. The first-order chi connectivity index (χ1) is 18.3. The molecule has 2 unspecified atom stereocenters. The number of hydrogen-bond donors (Lipinski definition) is 0. The third-order valence-electron chi connectivity index (χ3n) is 7.69. The number of benzene rings is 1. The van der Waals surface area contributed by atoms with Crippen molar-refractivity contribution >= 4 is 15.8 Å². The molecule has 0 amide bonds. The fraction of sp³-hybridized carbons (Fsp3) is 0.346. The van der Waals surface area contributed by atoms with Crippen LogP contribution in [0, 0.1) is 17.2 Å². The molecule has 12 heteroatoms. The number of carbonyl (C=O) groups excluding carboxylic acids is 1. The number of Topliss-reactive ketones (excluding diaryl/α,β-unsaturated/α-hetero) is 1. The summed E-state index contributed by atoms with van der Waals surface area (Å²) in [6.45, 7) is 2.54. The molecule has 0 bridgehead atoms. The number of fused-ring (bicyclic) bond motifs is 2. The van der Waals surface area contributed by atoms with E-state index < -0.39 is 15.4 Å². The fourth-order valence-electron chi connectivity index (χ4n) is 5.73. The Morgan fingerprint density at radius 2 is 1.95 bits per heavy atom. The molecule has 0 spiro atoms. The Balaban J connectivity index is 1.41. The van der Waals surface area contributed by atoms with Gasteiger partial charge in [0, 0.05) is 25.0 Å². The van der Waals surface area contributed by atoms with Crippen molar-refractivity contribution < 1.29 is 17.6 Å². The molecule has 1 aliphatic heterocycles. The third-order valence-corrected chi connectivity index (χ3v) is 9.40. The molecule has 1 aromatic carbocycles. The van der Waals surface area contributed by atoms with Gasteiger partial charge in [0.2, 0.25) is 5.03 Å². The summed E-state index contributed by atoms with van der Waals surface area (Å²) in [5.74, 6) is -0.652. The number of halogens is 1. The Labute approximate surface area is 219 Å². The summed E-state index contributed by atoms with van der Waals surface area (Å²) in [4.78, 5) is 19.8. The molecular formula is C26H26FN7O3S. The van der Waals surface area contributed by atoms with Crippen molar-refractivity contribution in [2.45, 2.75) is 37.8 Å². The van der Waals surface area contributed by atoms with Crippen molar-refractivity contribution in [1.29, 1.82) is 0 Å².